The smallest absolute Gasteiger partial charge is 0.239 e. The van der Waals surface area contributed by atoms with Crippen molar-refractivity contribution in [2.75, 3.05) is 11.4 Å². The summed E-state index contributed by atoms with van der Waals surface area (Å²) in [5.41, 5.74) is 4.08. The van der Waals surface area contributed by atoms with Gasteiger partial charge in [-0.05, 0) is 30.7 Å². The van der Waals surface area contributed by atoms with E-state index in [1.807, 2.05) is 31.2 Å². The topological polar surface area (TPSA) is 66.1 Å². The lowest BCUT2D eigenvalue weighted by atomic mass is 10.2. The van der Waals surface area contributed by atoms with E-state index >= 15 is 0 Å². The Labute approximate surface area is 129 Å². The van der Waals surface area contributed by atoms with Crippen LogP contribution in [0.4, 0.5) is 5.69 Å². The SMILES string of the molecule is Cc1cccc(CS(=O)(=O)N(C)c2ccc3nc[nH]c3c2)c1. The Morgan fingerprint density at radius 1 is 1.18 bits per heavy atom. The van der Waals surface area contributed by atoms with Gasteiger partial charge in [0.25, 0.3) is 0 Å². The second-order valence-corrected chi connectivity index (χ2v) is 7.32. The van der Waals surface area contributed by atoms with Crippen LogP contribution >= 0.6 is 0 Å². The summed E-state index contributed by atoms with van der Waals surface area (Å²) >= 11 is 0. The lowest BCUT2D eigenvalue weighted by Gasteiger charge is -2.19. The highest BCUT2D eigenvalue weighted by atomic mass is 32.2. The largest absolute Gasteiger partial charge is 0.345 e. The molecule has 0 aliphatic rings. The van der Waals surface area contributed by atoms with Crippen molar-refractivity contribution < 1.29 is 8.42 Å². The Kier molecular flexibility index (Phi) is 3.62. The molecule has 3 rings (SSSR count). The zero-order chi connectivity index (χ0) is 15.7. The van der Waals surface area contributed by atoms with Crippen LogP contribution in [0.1, 0.15) is 11.1 Å². The Morgan fingerprint density at radius 3 is 2.77 bits per heavy atom. The van der Waals surface area contributed by atoms with E-state index in [2.05, 4.69) is 9.97 Å². The Bertz CT molecular complexity index is 916. The molecule has 0 aliphatic carbocycles. The second kappa shape index (κ2) is 5.46. The Balaban J connectivity index is 1.90. The van der Waals surface area contributed by atoms with Crippen LogP contribution < -0.4 is 4.31 Å². The summed E-state index contributed by atoms with van der Waals surface area (Å²) in [7, 11) is -1.86. The maximum absolute atomic E-state index is 12.6. The van der Waals surface area contributed by atoms with Crippen LogP contribution in [0, 0.1) is 6.92 Å². The zero-order valence-electron chi connectivity index (χ0n) is 12.4. The number of benzene rings is 2. The van der Waals surface area contributed by atoms with E-state index in [0.29, 0.717) is 5.69 Å². The third-order valence-electron chi connectivity index (χ3n) is 3.62. The van der Waals surface area contributed by atoms with Crippen LogP contribution in [-0.2, 0) is 15.8 Å². The molecule has 6 heteroatoms. The summed E-state index contributed by atoms with van der Waals surface area (Å²) in [6, 6.07) is 12.9. The number of imidazole rings is 1. The van der Waals surface area contributed by atoms with Gasteiger partial charge in [0.1, 0.15) is 0 Å². The number of aromatic amines is 1. The first kappa shape index (κ1) is 14.6. The van der Waals surface area contributed by atoms with Crippen LogP contribution in [0.3, 0.4) is 0 Å². The van der Waals surface area contributed by atoms with E-state index in [0.717, 1.165) is 22.2 Å². The summed E-state index contributed by atoms with van der Waals surface area (Å²) < 4.78 is 26.5. The molecule has 5 nitrogen and oxygen atoms in total. The first-order valence-corrected chi connectivity index (χ1v) is 8.52. The van der Waals surface area contributed by atoms with Gasteiger partial charge in [-0.3, -0.25) is 4.31 Å². The number of hydrogen-bond donors (Lipinski definition) is 1. The molecule has 0 fully saturated rings. The average Bonchev–Trinajstić information content (AvgIpc) is 2.93. The molecule has 0 aliphatic heterocycles. The van der Waals surface area contributed by atoms with Gasteiger partial charge in [0.2, 0.25) is 10.0 Å². The molecule has 0 saturated heterocycles. The summed E-state index contributed by atoms with van der Waals surface area (Å²) in [5.74, 6) is -0.0216. The molecule has 0 saturated carbocycles. The first-order valence-electron chi connectivity index (χ1n) is 6.91. The fourth-order valence-corrected chi connectivity index (χ4v) is 3.62. The minimum atomic E-state index is -3.44. The van der Waals surface area contributed by atoms with Gasteiger partial charge in [0.05, 0.1) is 28.8 Å². The molecule has 22 heavy (non-hydrogen) atoms. The monoisotopic (exact) mass is 315 g/mol. The number of fused-ring (bicyclic) bond motifs is 1. The molecule has 0 radical (unpaired) electrons. The molecule has 1 heterocycles. The van der Waals surface area contributed by atoms with Gasteiger partial charge >= 0.3 is 0 Å². The van der Waals surface area contributed by atoms with Crippen LogP contribution in [0.5, 0.6) is 0 Å². The molecular formula is C16H17N3O2S. The van der Waals surface area contributed by atoms with E-state index in [-0.39, 0.29) is 5.75 Å². The molecule has 0 atom stereocenters. The fraction of sp³-hybridized carbons (Fsp3) is 0.188. The maximum atomic E-state index is 12.6. The van der Waals surface area contributed by atoms with Crippen LogP contribution in [0.2, 0.25) is 0 Å². The zero-order valence-corrected chi connectivity index (χ0v) is 13.3. The third-order valence-corrected chi connectivity index (χ3v) is 5.36. The van der Waals surface area contributed by atoms with Gasteiger partial charge < -0.3 is 4.98 Å². The highest BCUT2D eigenvalue weighted by Crippen LogP contribution is 2.22. The van der Waals surface area contributed by atoms with Crippen LogP contribution in [0.25, 0.3) is 11.0 Å². The Morgan fingerprint density at radius 2 is 2.00 bits per heavy atom. The highest BCUT2D eigenvalue weighted by molar-refractivity contribution is 7.92. The fourth-order valence-electron chi connectivity index (χ4n) is 2.39. The first-order chi connectivity index (χ1) is 10.5. The minimum Gasteiger partial charge on any atom is -0.345 e. The van der Waals surface area contributed by atoms with Crippen molar-refractivity contribution in [3.8, 4) is 0 Å². The summed E-state index contributed by atoms with van der Waals surface area (Å²) in [6.07, 6.45) is 1.59. The van der Waals surface area contributed by atoms with Crippen LogP contribution in [-0.4, -0.2) is 25.4 Å². The summed E-state index contributed by atoms with van der Waals surface area (Å²) in [5, 5.41) is 0. The van der Waals surface area contributed by atoms with E-state index in [1.54, 1.807) is 31.6 Å². The second-order valence-electron chi connectivity index (χ2n) is 5.32. The standard InChI is InChI=1S/C16H17N3O2S/c1-12-4-3-5-13(8-12)10-22(20,21)19(2)14-6-7-15-16(9-14)18-11-17-15/h3-9,11H,10H2,1-2H3,(H,17,18). The van der Waals surface area contributed by atoms with Crippen molar-refractivity contribution in [2.24, 2.45) is 0 Å². The number of nitrogens with zero attached hydrogens (tertiary/aromatic N) is 2. The van der Waals surface area contributed by atoms with E-state index < -0.39 is 10.0 Å². The molecule has 0 bridgehead atoms. The number of H-pyrrole nitrogens is 1. The third kappa shape index (κ3) is 2.82. The number of aryl methyl sites for hydroxylation is 1. The van der Waals surface area contributed by atoms with E-state index in [4.69, 9.17) is 0 Å². The van der Waals surface area contributed by atoms with Gasteiger partial charge in [-0.15, -0.1) is 0 Å². The minimum absolute atomic E-state index is 0.0216. The van der Waals surface area contributed by atoms with E-state index in [9.17, 15) is 8.42 Å². The van der Waals surface area contributed by atoms with Crippen LogP contribution in [0.15, 0.2) is 48.8 Å². The molecule has 114 valence electrons. The van der Waals surface area contributed by atoms with E-state index in [1.165, 1.54) is 4.31 Å². The quantitative estimate of drug-likeness (QED) is 0.805. The predicted octanol–water partition coefficient (Wildman–Crippen LogP) is 2.84. The molecule has 0 unspecified atom stereocenters. The maximum Gasteiger partial charge on any atom is 0.239 e. The number of nitrogens with one attached hydrogen (secondary N) is 1. The Hall–Kier alpha value is -2.34. The number of hydrogen-bond acceptors (Lipinski definition) is 3. The van der Waals surface area contributed by atoms with Crippen molar-refractivity contribution in [2.45, 2.75) is 12.7 Å². The van der Waals surface area contributed by atoms with Crippen molar-refractivity contribution in [3.63, 3.8) is 0 Å². The molecule has 0 amide bonds. The molecular weight excluding hydrogens is 298 g/mol. The molecule has 2 aromatic carbocycles. The van der Waals surface area contributed by atoms with Gasteiger partial charge in [-0.25, -0.2) is 13.4 Å². The number of sulfonamides is 1. The molecule has 1 aromatic heterocycles. The molecule has 1 N–H and O–H groups in total. The van der Waals surface area contributed by atoms with Crippen molar-refractivity contribution in [1.82, 2.24) is 9.97 Å². The van der Waals surface area contributed by atoms with Gasteiger partial charge in [0, 0.05) is 7.05 Å². The predicted molar refractivity (Wildman–Crippen MR) is 88.3 cm³/mol. The number of rotatable bonds is 4. The lowest BCUT2D eigenvalue weighted by molar-refractivity contribution is 0.593. The van der Waals surface area contributed by atoms with Gasteiger partial charge in [-0.1, -0.05) is 29.8 Å². The summed E-state index contributed by atoms with van der Waals surface area (Å²) in [6.45, 7) is 1.95. The van der Waals surface area contributed by atoms with Gasteiger partial charge in [0.15, 0.2) is 0 Å². The van der Waals surface area contributed by atoms with Crippen molar-refractivity contribution >= 4 is 26.7 Å². The van der Waals surface area contributed by atoms with Gasteiger partial charge in [-0.2, -0.15) is 0 Å². The molecule has 0 spiro atoms. The lowest BCUT2D eigenvalue weighted by Crippen LogP contribution is -2.27. The van der Waals surface area contributed by atoms with Crippen molar-refractivity contribution in [1.29, 1.82) is 0 Å². The normalized spacial score (nSPS) is 11.7. The molecule has 3 aromatic rings. The average molecular weight is 315 g/mol. The number of anilines is 1. The number of aromatic nitrogens is 2. The summed E-state index contributed by atoms with van der Waals surface area (Å²) in [4.78, 5) is 7.13. The highest BCUT2D eigenvalue weighted by Gasteiger charge is 2.19. The van der Waals surface area contributed by atoms with Crippen molar-refractivity contribution in [3.05, 3.63) is 59.9 Å².